The van der Waals surface area contributed by atoms with E-state index in [-0.39, 0.29) is 5.91 Å². The van der Waals surface area contributed by atoms with Gasteiger partial charge in [0.1, 0.15) is 11.3 Å². The van der Waals surface area contributed by atoms with Crippen LogP contribution < -0.4 is 10.1 Å². The molecular weight excluding hydrogens is 306 g/mol. The zero-order chi connectivity index (χ0) is 17.7. The van der Waals surface area contributed by atoms with E-state index in [2.05, 4.69) is 5.32 Å². The van der Waals surface area contributed by atoms with E-state index >= 15 is 0 Å². The number of ether oxygens (including phenoxy) is 2. The van der Waals surface area contributed by atoms with Crippen LogP contribution in [0.5, 0.6) is 5.75 Å². The minimum atomic E-state index is -0.478. The molecule has 0 atom stereocenters. The highest BCUT2D eigenvalue weighted by atomic mass is 16.5. The van der Waals surface area contributed by atoms with Crippen LogP contribution in [0.2, 0.25) is 0 Å². The first kappa shape index (κ1) is 17.5. The molecule has 1 N–H and O–H groups in total. The zero-order valence-electron chi connectivity index (χ0n) is 14.3. The zero-order valence-corrected chi connectivity index (χ0v) is 14.3. The number of amides is 1. The number of aryl methyl sites for hydroxylation is 2. The van der Waals surface area contributed by atoms with Gasteiger partial charge in [-0.3, -0.25) is 4.79 Å². The highest BCUT2D eigenvalue weighted by Crippen LogP contribution is 2.21. The van der Waals surface area contributed by atoms with Crippen molar-refractivity contribution in [1.29, 1.82) is 0 Å². The van der Waals surface area contributed by atoms with Crippen molar-refractivity contribution in [3.8, 4) is 5.75 Å². The van der Waals surface area contributed by atoms with Crippen LogP contribution in [-0.2, 0) is 11.3 Å². The number of methoxy groups -OCH3 is 2. The Morgan fingerprint density at radius 1 is 1.00 bits per heavy atom. The van der Waals surface area contributed by atoms with E-state index in [1.807, 2.05) is 26.0 Å². The van der Waals surface area contributed by atoms with Crippen molar-refractivity contribution in [2.45, 2.75) is 20.4 Å². The molecule has 0 unspecified atom stereocenters. The van der Waals surface area contributed by atoms with E-state index in [1.165, 1.54) is 14.2 Å². The van der Waals surface area contributed by atoms with E-state index in [9.17, 15) is 9.59 Å². The number of carbonyl (C=O) groups is 2. The number of hydrogen-bond acceptors (Lipinski definition) is 4. The van der Waals surface area contributed by atoms with Crippen molar-refractivity contribution in [3.05, 3.63) is 64.2 Å². The second kappa shape index (κ2) is 7.64. The van der Waals surface area contributed by atoms with Gasteiger partial charge in [-0.1, -0.05) is 12.1 Å². The fourth-order valence-corrected chi connectivity index (χ4v) is 2.30. The summed E-state index contributed by atoms with van der Waals surface area (Å²) < 4.78 is 9.90. The van der Waals surface area contributed by atoms with E-state index in [0.29, 0.717) is 23.4 Å². The van der Waals surface area contributed by atoms with Gasteiger partial charge in [-0.05, 0) is 54.8 Å². The highest BCUT2D eigenvalue weighted by molar-refractivity contribution is 5.94. The summed E-state index contributed by atoms with van der Waals surface area (Å²) in [5, 5.41) is 2.85. The smallest absolute Gasteiger partial charge is 0.341 e. The fraction of sp³-hybridized carbons (Fsp3) is 0.263. The molecule has 2 aromatic rings. The lowest BCUT2D eigenvalue weighted by Gasteiger charge is -2.11. The number of rotatable bonds is 5. The standard InChI is InChI=1S/C19H21NO4/c1-12-5-7-15(9-13(12)2)18(21)20-11-14-6-8-17(23-3)16(10-14)19(22)24-4/h5-10H,11H2,1-4H3,(H,20,21). The van der Waals surface area contributed by atoms with Crippen LogP contribution >= 0.6 is 0 Å². The summed E-state index contributed by atoms with van der Waals surface area (Å²) in [4.78, 5) is 24.0. The third kappa shape index (κ3) is 3.93. The van der Waals surface area contributed by atoms with E-state index < -0.39 is 5.97 Å². The lowest BCUT2D eigenvalue weighted by atomic mass is 10.1. The van der Waals surface area contributed by atoms with Gasteiger partial charge in [-0.2, -0.15) is 0 Å². The molecule has 0 spiro atoms. The van der Waals surface area contributed by atoms with Crippen molar-refractivity contribution >= 4 is 11.9 Å². The van der Waals surface area contributed by atoms with Crippen LogP contribution in [0.15, 0.2) is 36.4 Å². The molecule has 0 saturated carbocycles. The van der Waals surface area contributed by atoms with Gasteiger partial charge in [0.25, 0.3) is 5.91 Å². The van der Waals surface area contributed by atoms with Crippen LogP contribution in [0.3, 0.4) is 0 Å². The highest BCUT2D eigenvalue weighted by Gasteiger charge is 2.14. The molecule has 0 saturated heterocycles. The van der Waals surface area contributed by atoms with Gasteiger partial charge < -0.3 is 14.8 Å². The van der Waals surface area contributed by atoms with Gasteiger partial charge in [0.2, 0.25) is 0 Å². The number of esters is 1. The molecule has 0 bridgehead atoms. The lowest BCUT2D eigenvalue weighted by molar-refractivity contribution is 0.0597. The summed E-state index contributed by atoms with van der Waals surface area (Å²) in [5.74, 6) is -0.200. The Bertz CT molecular complexity index is 768. The molecule has 1 amide bonds. The molecule has 2 rings (SSSR count). The second-order valence-electron chi connectivity index (χ2n) is 5.51. The van der Waals surface area contributed by atoms with E-state index in [1.54, 1.807) is 24.3 Å². The predicted molar refractivity (Wildman–Crippen MR) is 91.4 cm³/mol. The molecule has 0 heterocycles. The van der Waals surface area contributed by atoms with Gasteiger partial charge >= 0.3 is 5.97 Å². The molecule has 0 fully saturated rings. The van der Waals surface area contributed by atoms with Crippen molar-refractivity contribution in [2.75, 3.05) is 14.2 Å². The topological polar surface area (TPSA) is 64.6 Å². The largest absolute Gasteiger partial charge is 0.496 e. The van der Waals surface area contributed by atoms with E-state index in [0.717, 1.165) is 16.7 Å². The fourth-order valence-electron chi connectivity index (χ4n) is 2.30. The van der Waals surface area contributed by atoms with Crippen LogP contribution in [0.1, 0.15) is 37.4 Å². The molecular formula is C19H21NO4. The van der Waals surface area contributed by atoms with Crippen molar-refractivity contribution in [2.24, 2.45) is 0 Å². The predicted octanol–water partition coefficient (Wildman–Crippen LogP) is 3.03. The van der Waals surface area contributed by atoms with E-state index in [4.69, 9.17) is 9.47 Å². The van der Waals surface area contributed by atoms with Crippen LogP contribution in [-0.4, -0.2) is 26.1 Å². The molecule has 0 aromatic heterocycles. The van der Waals surface area contributed by atoms with Gasteiger partial charge in [0.15, 0.2) is 0 Å². The Morgan fingerprint density at radius 2 is 1.75 bits per heavy atom. The number of carbonyl (C=O) groups excluding carboxylic acids is 2. The maximum atomic E-state index is 12.3. The molecule has 5 heteroatoms. The summed E-state index contributed by atoms with van der Waals surface area (Å²) in [6.07, 6.45) is 0. The SMILES string of the molecule is COC(=O)c1cc(CNC(=O)c2ccc(C)c(C)c2)ccc1OC. The Balaban J connectivity index is 2.12. The van der Waals surface area contributed by atoms with Crippen LogP contribution in [0.25, 0.3) is 0 Å². The van der Waals surface area contributed by atoms with Gasteiger partial charge in [-0.25, -0.2) is 4.79 Å². The first-order valence-corrected chi connectivity index (χ1v) is 7.57. The maximum absolute atomic E-state index is 12.3. The third-order valence-corrected chi connectivity index (χ3v) is 3.89. The molecule has 24 heavy (non-hydrogen) atoms. The number of nitrogens with one attached hydrogen (secondary N) is 1. The Kier molecular flexibility index (Phi) is 5.58. The average molecular weight is 327 g/mol. The minimum Gasteiger partial charge on any atom is -0.496 e. The normalized spacial score (nSPS) is 10.2. The summed E-state index contributed by atoms with van der Waals surface area (Å²) in [6, 6.07) is 10.7. The van der Waals surface area contributed by atoms with Crippen molar-refractivity contribution < 1.29 is 19.1 Å². The Labute approximate surface area is 141 Å². The first-order valence-electron chi connectivity index (χ1n) is 7.57. The van der Waals surface area contributed by atoms with Crippen molar-refractivity contribution in [1.82, 2.24) is 5.32 Å². The molecule has 126 valence electrons. The van der Waals surface area contributed by atoms with Gasteiger partial charge in [0.05, 0.1) is 14.2 Å². The Morgan fingerprint density at radius 3 is 2.38 bits per heavy atom. The minimum absolute atomic E-state index is 0.159. The number of hydrogen-bond donors (Lipinski definition) is 1. The van der Waals surface area contributed by atoms with Crippen LogP contribution in [0, 0.1) is 13.8 Å². The lowest BCUT2D eigenvalue weighted by Crippen LogP contribution is -2.23. The summed E-state index contributed by atoms with van der Waals surface area (Å²) in [7, 11) is 2.80. The quantitative estimate of drug-likeness (QED) is 0.857. The summed E-state index contributed by atoms with van der Waals surface area (Å²) in [6.45, 7) is 4.28. The average Bonchev–Trinajstić information content (AvgIpc) is 2.60. The third-order valence-electron chi connectivity index (χ3n) is 3.89. The van der Waals surface area contributed by atoms with Gasteiger partial charge in [0, 0.05) is 12.1 Å². The molecule has 0 aliphatic rings. The van der Waals surface area contributed by atoms with Crippen LogP contribution in [0.4, 0.5) is 0 Å². The number of benzene rings is 2. The monoisotopic (exact) mass is 327 g/mol. The van der Waals surface area contributed by atoms with Gasteiger partial charge in [-0.15, -0.1) is 0 Å². The first-order chi connectivity index (χ1) is 11.5. The molecule has 0 aliphatic carbocycles. The Hall–Kier alpha value is -2.82. The molecule has 5 nitrogen and oxygen atoms in total. The summed E-state index contributed by atoms with van der Waals surface area (Å²) in [5.41, 5.74) is 3.94. The molecule has 0 radical (unpaired) electrons. The second-order valence-corrected chi connectivity index (χ2v) is 5.51. The van der Waals surface area contributed by atoms with Crippen molar-refractivity contribution in [3.63, 3.8) is 0 Å². The molecule has 0 aliphatic heterocycles. The maximum Gasteiger partial charge on any atom is 0.341 e. The summed E-state index contributed by atoms with van der Waals surface area (Å²) >= 11 is 0. The molecule has 2 aromatic carbocycles.